The SMILES string of the molecule is CC(Nc1cc(Cl)ccc1C#N)c1ccc(N)cc1. The van der Waals surface area contributed by atoms with Gasteiger partial charge in [-0.2, -0.15) is 5.26 Å². The maximum Gasteiger partial charge on any atom is 0.101 e. The highest BCUT2D eigenvalue weighted by atomic mass is 35.5. The second-order valence-corrected chi connectivity index (χ2v) is 4.77. The van der Waals surface area contributed by atoms with Crippen molar-refractivity contribution in [2.75, 3.05) is 11.1 Å². The summed E-state index contributed by atoms with van der Waals surface area (Å²) in [6, 6.07) is 15.0. The average Bonchev–Trinajstić information content (AvgIpc) is 2.39. The first kappa shape index (κ1) is 13.3. The Hall–Kier alpha value is -2.18. The van der Waals surface area contributed by atoms with Crippen molar-refractivity contribution in [1.82, 2.24) is 0 Å². The Labute approximate surface area is 117 Å². The van der Waals surface area contributed by atoms with E-state index in [0.717, 1.165) is 16.9 Å². The molecule has 1 unspecified atom stereocenters. The molecule has 0 fully saturated rings. The van der Waals surface area contributed by atoms with Crippen LogP contribution in [0.25, 0.3) is 0 Å². The molecule has 0 bridgehead atoms. The standard InChI is InChI=1S/C15H14ClN3/c1-10(11-3-6-14(18)7-4-11)19-15-8-13(16)5-2-12(15)9-17/h2-8,10,19H,18H2,1H3. The minimum absolute atomic E-state index is 0.0613. The van der Waals surface area contributed by atoms with Crippen LogP contribution in [0.4, 0.5) is 11.4 Å². The summed E-state index contributed by atoms with van der Waals surface area (Å²) in [5.74, 6) is 0. The third-order valence-electron chi connectivity index (χ3n) is 2.91. The summed E-state index contributed by atoms with van der Waals surface area (Å²) in [7, 11) is 0. The summed E-state index contributed by atoms with van der Waals surface area (Å²) in [6.45, 7) is 2.02. The molecule has 2 rings (SSSR count). The number of nitrogens with zero attached hydrogens (tertiary/aromatic N) is 1. The topological polar surface area (TPSA) is 61.8 Å². The first-order chi connectivity index (χ1) is 9.10. The quantitative estimate of drug-likeness (QED) is 0.831. The molecule has 0 spiro atoms. The van der Waals surface area contributed by atoms with Crippen molar-refractivity contribution in [1.29, 1.82) is 5.26 Å². The number of nitrogens with one attached hydrogen (secondary N) is 1. The van der Waals surface area contributed by atoms with E-state index >= 15 is 0 Å². The molecule has 1 atom stereocenters. The van der Waals surface area contributed by atoms with E-state index in [1.54, 1.807) is 18.2 Å². The van der Waals surface area contributed by atoms with Gasteiger partial charge in [0, 0.05) is 16.8 Å². The number of nitrogens with two attached hydrogens (primary N) is 1. The van der Waals surface area contributed by atoms with E-state index in [0.29, 0.717) is 10.6 Å². The highest BCUT2D eigenvalue weighted by Gasteiger charge is 2.08. The Morgan fingerprint density at radius 1 is 1.21 bits per heavy atom. The van der Waals surface area contributed by atoms with E-state index in [4.69, 9.17) is 22.6 Å². The number of halogens is 1. The Bertz CT molecular complexity index is 614. The molecule has 4 heteroatoms. The molecule has 96 valence electrons. The van der Waals surface area contributed by atoms with Crippen LogP contribution in [0.3, 0.4) is 0 Å². The van der Waals surface area contributed by atoms with E-state index in [-0.39, 0.29) is 6.04 Å². The fraction of sp³-hybridized carbons (Fsp3) is 0.133. The monoisotopic (exact) mass is 271 g/mol. The van der Waals surface area contributed by atoms with Crippen molar-refractivity contribution in [2.45, 2.75) is 13.0 Å². The zero-order chi connectivity index (χ0) is 13.8. The summed E-state index contributed by atoms with van der Waals surface area (Å²) < 4.78 is 0. The van der Waals surface area contributed by atoms with Crippen LogP contribution >= 0.6 is 11.6 Å². The molecule has 0 radical (unpaired) electrons. The summed E-state index contributed by atoms with van der Waals surface area (Å²) in [5.41, 5.74) is 8.80. The zero-order valence-corrected chi connectivity index (χ0v) is 11.3. The smallest absolute Gasteiger partial charge is 0.101 e. The molecule has 0 saturated heterocycles. The number of benzene rings is 2. The highest BCUT2D eigenvalue weighted by Crippen LogP contribution is 2.25. The molecule has 0 amide bonds. The summed E-state index contributed by atoms with van der Waals surface area (Å²) in [6.07, 6.45) is 0. The molecule has 0 saturated carbocycles. The fourth-order valence-corrected chi connectivity index (χ4v) is 2.01. The Kier molecular flexibility index (Phi) is 3.94. The van der Waals surface area contributed by atoms with Gasteiger partial charge in [-0.1, -0.05) is 23.7 Å². The van der Waals surface area contributed by atoms with E-state index in [2.05, 4.69) is 11.4 Å². The number of nitrogen functional groups attached to an aromatic ring is 1. The maximum absolute atomic E-state index is 9.08. The number of hydrogen-bond acceptors (Lipinski definition) is 3. The molecule has 0 aliphatic carbocycles. The van der Waals surface area contributed by atoms with Gasteiger partial charge in [-0.15, -0.1) is 0 Å². The molecule has 0 heterocycles. The van der Waals surface area contributed by atoms with Crippen LogP contribution in [0, 0.1) is 11.3 Å². The van der Waals surface area contributed by atoms with Gasteiger partial charge in [0.2, 0.25) is 0 Å². The van der Waals surface area contributed by atoms with Crippen molar-refractivity contribution in [3.63, 3.8) is 0 Å². The first-order valence-corrected chi connectivity index (χ1v) is 6.29. The zero-order valence-electron chi connectivity index (χ0n) is 10.5. The lowest BCUT2D eigenvalue weighted by molar-refractivity contribution is 0.884. The lowest BCUT2D eigenvalue weighted by Gasteiger charge is -2.17. The molecule has 0 aliphatic heterocycles. The molecule has 3 nitrogen and oxygen atoms in total. The van der Waals surface area contributed by atoms with Crippen LogP contribution in [0.5, 0.6) is 0 Å². The van der Waals surface area contributed by atoms with Gasteiger partial charge in [0.05, 0.1) is 11.3 Å². The molecule has 19 heavy (non-hydrogen) atoms. The lowest BCUT2D eigenvalue weighted by atomic mass is 10.1. The molecule has 0 aromatic heterocycles. The van der Waals surface area contributed by atoms with Crippen LogP contribution < -0.4 is 11.1 Å². The predicted octanol–water partition coefficient (Wildman–Crippen LogP) is 3.97. The third-order valence-corrected chi connectivity index (χ3v) is 3.15. The lowest BCUT2D eigenvalue weighted by Crippen LogP contribution is -2.07. The normalized spacial score (nSPS) is 11.6. The van der Waals surface area contributed by atoms with Gasteiger partial charge < -0.3 is 11.1 Å². The van der Waals surface area contributed by atoms with E-state index in [9.17, 15) is 0 Å². The molecule has 3 N–H and O–H groups in total. The average molecular weight is 272 g/mol. The molecular weight excluding hydrogens is 258 g/mol. The van der Waals surface area contributed by atoms with E-state index in [1.807, 2.05) is 31.2 Å². The van der Waals surface area contributed by atoms with Gasteiger partial charge in [0.1, 0.15) is 6.07 Å². The van der Waals surface area contributed by atoms with Gasteiger partial charge in [0.15, 0.2) is 0 Å². The van der Waals surface area contributed by atoms with Crippen LogP contribution in [0.2, 0.25) is 5.02 Å². The van der Waals surface area contributed by atoms with Crippen LogP contribution in [-0.2, 0) is 0 Å². The number of hydrogen-bond donors (Lipinski definition) is 2. The number of rotatable bonds is 3. The largest absolute Gasteiger partial charge is 0.399 e. The van der Waals surface area contributed by atoms with Crippen molar-refractivity contribution in [3.8, 4) is 6.07 Å². The highest BCUT2D eigenvalue weighted by molar-refractivity contribution is 6.30. The molecule has 2 aromatic carbocycles. The molecule has 0 aliphatic rings. The third kappa shape index (κ3) is 3.18. The van der Waals surface area contributed by atoms with E-state index in [1.165, 1.54) is 0 Å². The molecule has 2 aromatic rings. The Morgan fingerprint density at radius 2 is 1.89 bits per heavy atom. The summed E-state index contributed by atoms with van der Waals surface area (Å²) in [4.78, 5) is 0. The minimum atomic E-state index is 0.0613. The number of anilines is 2. The van der Waals surface area contributed by atoms with Crippen LogP contribution in [-0.4, -0.2) is 0 Å². The van der Waals surface area contributed by atoms with Crippen molar-refractivity contribution in [2.24, 2.45) is 0 Å². The van der Waals surface area contributed by atoms with Crippen molar-refractivity contribution < 1.29 is 0 Å². The first-order valence-electron chi connectivity index (χ1n) is 5.92. The minimum Gasteiger partial charge on any atom is -0.399 e. The van der Waals surface area contributed by atoms with Crippen LogP contribution in [0.15, 0.2) is 42.5 Å². The second kappa shape index (κ2) is 5.64. The number of nitriles is 1. The van der Waals surface area contributed by atoms with E-state index < -0.39 is 0 Å². The van der Waals surface area contributed by atoms with Gasteiger partial charge in [0.25, 0.3) is 0 Å². The van der Waals surface area contributed by atoms with Gasteiger partial charge >= 0.3 is 0 Å². The molecular formula is C15H14ClN3. The van der Waals surface area contributed by atoms with Gasteiger partial charge in [-0.25, -0.2) is 0 Å². The van der Waals surface area contributed by atoms with Gasteiger partial charge in [-0.05, 0) is 42.8 Å². The second-order valence-electron chi connectivity index (χ2n) is 4.33. The van der Waals surface area contributed by atoms with Crippen molar-refractivity contribution in [3.05, 3.63) is 58.6 Å². The fourth-order valence-electron chi connectivity index (χ4n) is 1.83. The van der Waals surface area contributed by atoms with Crippen molar-refractivity contribution >= 4 is 23.0 Å². The van der Waals surface area contributed by atoms with Crippen LogP contribution in [0.1, 0.15) is 24.1 Å². The Balaban J connectivity index is 2.23. The predicted molar refractivity (Wildman–Crippen MR) is 79.1 cm³/mol. The van der Waals surface area contributed by atoms with Gasteiger partial charge in [-0.3, -0.25) is 0 Å². The summed E-state index contributed by atoms with van der Waals surface area (Å²) in [5, 5.41) is 13.0. The Morgan fingerprint density at radius 3 is 2.53 bits per heavy atom. The maximum atomic E-state index is 9.08. The summed E-state index contributed by atoms with van der Waals surface area (Å²) >= 11 is 5.96.